The molecule has 0 aromatic heterocycles. The molecule has 3 unspecified atom stereocenters. The number of rotatable bonds is 6. The van der Waals surface area contributed by atoms with Gasteiger partial charge in [0.2, 0.25) is 0 Å². The van der Waals surface area contributed by atoms with E-state index in [0.29, 0.717) is 18.1 Å². The maximum Gasteiger partial charge on any atom is 0.0698 e. The molecule has 3 heteroatoms. The van der Waals surface area contributed by atoms with Crippen LogP contribution in [0, 0.1) is 5.92 Å². The smallest absolute Gasteiger partial charge is 0.0698 e. The summed E-state index contributed by atoms with van der Waals surface area (Å²) in [4.78, 5) is 2.58. The molecule has 0 amide bonds. The molecule has 1 N–H and O–H groups in total. The predicted octanol–water partition coefficient (Wildman–Crippen LogP) is 1.73. The van der Waals surface area contributed by atoms with Crippen molar-refractivity contribution in [1.29, 1.82) is 0 Å². The second kappa shape index (κ2) is 7.25. The van der Waals surface area contributed by atoms with Crippen molar-refractivity contribution in [2.75, 3.05) is 33.3 Å². The Labute approximate surface area is 101 Å². The van der Waals surface area contributed by atoms with Crippen molar-refractivity contribution in [1.82, 2.24) is 10.2 Å². The summed E-state index contributed by atoms with van der Waals surface area (Å²) in [6.45, 7) is 11.4. The SMILES string of the molecule is CCNCC(C)C(C)N1CCCC(OC)C1. The summed E-state index contributed by atoms with van der Waals surface area (Å²) in [6, 6.07) is 0.650. The Hall–Kier alpha value is -0.120. The van der Waals surface area contributed by atoms with Gasteiger partial charge in [-0.15, -0.1) is 0 Å². The number of hydrogen-bond acceptors (Lipinski definition) is 3. The second-order valence-electron chi connectivity index (χ2n) is 5.02. The van der Waals surface area contributed by atoms with Gasteiger partial charge in [-0.3, -0.25) is 4.90 Å². The summed E-state index contributed by atoms with van der Waals surface area (Å²) in [6.07, 6.45) is 2.94. The number of nitrogens with one attached hydrogen (secondary N) is 1. The standard InChI is InChI=1S/C13H28N2O/c1-5-14-9-11(2)12(3)15-8-6-7-13(10-15)16-4/h11-14H,5-10H2,1-4H3. The molecule has 16 heavy (non-hydrogen) atoms. The highest BCUT2D eigenvalue weighted by atomic mass is 16.5. The van der Waals surface area contributed by atoms with E-state index in [-0.39, 0.29) is 0 Å². The van der Waals surface area contributed by atoms with Crippen LogP contribution < -0.4 is 5.32 Å². The Morgan fingerprint density at radius 3 is 2.81 bits per heavy atom. The largest absolute Gasteiger partial charge is 0.380 e. The molecule has 1 aliphatic rings. The predicted molar refractivity (Wildman–Crippen MR) is 68.8 cm³/mol. The van der Waals surface area contributed by atoms with E-state index < -0.39 is 0 Å². The zero-order valence-electron chi connectivity index (χ0n) is 11.3. The highest BCUT2D eigenvalue weighted by Gasteiger charge is 2.25. The van der Waals surface area contributed by atoms with Gasteiger partial charge in [0.1, 0.15) is 0 Å². The molecule has 3 nitrogen and oxygen atoms in total. The fraction of sp³-hybridized carbons (Fsp3) is 1.00. The number of methoxy groups -OCH3 is 1. The highest BCUT2D eigenvalue weighted by molar-refractivity contribution is 4.80. The van der Waals surface area contributed by atoms with Crippen LogP contribution in [0.2, 0.25) is 0 Å². The van der Waals surface area contributed by atoms with Crippen molar-refractivity contribution in [3.05, 3.63) is 0 Å². The minimum Gasteiger partial charge on any atom is -0.380 e. The van der Waals surface area contributed by atoms with Crippen LogP contribution in [0.5, 0.6) is 0 Å². The highest BCUT2D eigenvalue weighted by Crippen LogP contribution is 2.18. The van der Waals surface area contributed by atoms with E-state index in [1.807, 2.05) is 7.11 Å². The van der Waals surface area contributed by atoms with Crippen LogP contribution in [0.15, 0.2) is 0 Å². The van der Waals surface area contributed by atoms with Gasteiger partial charge in [-0.1, -0.05) is 13.8 Å². The average molecular weight is 228 g/mol. The van der Waals surface area contributed by atoms with E-state index in [9.17, 15) is 0 Å². The van der Waals surface area contributed by atoms with Crippen molar-refractivity contribution in [2.24, 2.45) is 5.92 Å². The summed E-state index contributed by atoms with van der Waals surface area (Å²) < 4.78 is 5.48. The van der Waals surface area contributed by atoms with Gasteiger partial charge in [-0.2, -0.15) is 0 Å². The first-order chi connectivity index (χ1) is 7.69. The monoisotopic (exact) mass is 228 g/mol. The van der Waals surface area contributed by atoms with E-state index in [1.165, 1.54) is 19.4 Å². The Bertz CT molecular complexity index is 187. The van der Waals surface area contributed by atoms with Crippen LogP contribution in [0.4, 0.5) is 0 Å². The molecular formula is C13H28N2O. The van der Waals surface area contributed by atoms with Crippen molar-refractivity contribution in [3.63, 3.8) is 0 Å². The minimum absolute atomic E-state index is 0.447. The first-order valence-corrected chi connectivity index (χ1v) is 6.66. The van der Waals surface area contributed by atoms with Gasteiger partial charge < -0.3 is 10.1 Å². The van der Waals surface area contributed by atoms with Crippen molar-refractivity contribution in [2.45, 2.75) is 45.8 Å². The Morgan fingerprint density at radius 2 is 2.19 bits per heavy atom. The second-order valence-corrected chi connectivity index (χ2v) is 5.02. The Kier molecular flexibility index (Phi) is 6.32. The van der Waals surface area contributed by atoms with Gasteiger partial charge in [0.05, 0.1) is 6.10 Å². The molecular weight excluding hydrogens is 200 g/mol. The summed E-state index contributed by atoms with van der Waals surface area (Å²) in [5.41, 5.74) is 0. The summed E-state index contributed by atoms with van der Waals surface area (Å²) in [7, 11) is 1.83. The van der Waals surface area contributed by atoms with Crippen LogP contribution in [0.3, 0.4) is 0 Å². The fourth-order valence-electron chi connectivity index (χ4n) is 2.43. The van der Waals surface area contributed by atoms with E-state index >= 15 is 0 Å². The van der Waals surface area contributed by atoms with Gasteiger partial charge in [-0.05, 0) is 45.3 Å². The van der Waals surface area contributed by atoms with Crippen LogP contribution in [-0.4, -0.2) is 50.3 Å². The lowest BCUT2D eigenvalue weighted by molar-refractivity contribution is 0.00832. The van der Waals surface area contributed by atoms with Crippen LogP contribution >= 0.6 is 0 Å². The minimum atomic E-state index is 0.447. The number of nitrogens with zero attached hydrogens (tertiary/aromatic N) is 1. The normalized spacial score (nSPS) is 26.6. The molecule has 1 heterocycles. The first-order valence-electron chi connectivity index (χ1n) is 6.66. The van der Waals surface area contributed by atoms with Crippen molar-refractivity contribution < 1.29 is 4.74 Å². The summed E-state index contributed by atoms with van der Waals surface area (Å²) >= 11 is 0. The molecule has 0 aromatic carbocycles. The molecule has 0 saturated carbocycles. The zero-order chi connectivity index (χ0) is 12.0. The van der Waals surface area contributed by atoms with E-state index in [1.54, 1.807) is 0 Å². The van der Waals surface area contributed by atoms with Crippen LogP contribution in [-0.2, 0) is 4.74 Å². The van der Waals surface area contributed by atoms with E-state index in [4.69, 9.17) is 4.74 Å². The average Bonchev–Trinajstić information content (AvgIpc) is 2.35. The molecule has 0 aromatic rings. The molecule has 3 atom stereocenters. The zero-order valence-corrected chi connectivity index (χ0v) is 11.3. The molecule has 0 radical (unpaired) electrons. The topological polar surface area (TPSA) is 24.5 Å². The molecule has 0 bridgehead atoms. The fourth-order valence-corrected chi connectivity index (χ4v) is 2.43. The number of hydrogen-bond donors (Lipinski definition) is 1. The molecule has 96 valence electrons. The van der Waals surface area contributed by atoms with E-state index in [2.05, 4.69) is 31.0 Å². The Balaban J connectivity index is 2.36. The maximum atomic E-state index is 5.48. The molecule has 1 aliphatic heterocycles. The van der Waals surface area contributed by atoms with Crippen molar-refractivity contribution in [3.8, 4) is 0 Å². The van der Waals surface area contributed by atoms with Gasteiger partial charge in [0, 0.05) is 19.7 Å². The third kappa shape index (κ3) is 4.04. The lowest BCUT2D eigenvalue weighted by atomic mass is 9.98. The lowest BCUT2D eigenvalue weighted by Gasteiger charge is -2.38. The third-order valence-electron chi connectivity index (χ3n) is 3.86. The summed E-state index contributed by atoms with van der Waals surface area (Å²) in [5, 5.41) is 3.44. The third-order valence-corrected chi connectivity index (χ3v) is 3.86. The molecule has 1 rings (SSSR count). The molecule has 1 saturated heterocycles. The van der Waals surface area contributed by atoms with Gasteiger partial charge >= 0.3 is 0 Å². The molecule has 0 spiro atoms. The first kappa shape index (κ1) is 13.9. The van der Waals surface area contributed by atoms with Crippen LogP contribution in [0.25, 0.3) is 0 Å². The van der Waals surface area contributed by atoms with Gasteiger partial charge in [-0.25, -0.2) is 0 Å². The number of piperidine rings is 1. The lowest BCUT2D eigenvalue weighted by Crippen LogP contribution is -2.48. The van der Waals surface area contributed by atoms with E-state index in [0.717, 1.165) is 19.6 Å². The maximum absolute atomic E-state index is 5.48. The van der Waals surface area contributed by atoms with Gasteiger partial charge in [0.15, 0.2) is 0 Å². The Morgan fingerprint density at radius 1 is 1.44 bits per heavy atom. The number of likely N-dealkylation sites (tertiary alicyclic amines) is 1. The quantitative estimate of drug-likeness (QED) is 0.749. The van der Waals surface area contributed by atoms with Gasteiger partial charge in [0.25, 0.3) is 0 Å². The van der Waals surface area contributed by atoms with Crippen molar-refractivity contribution >= 4 is 0 Å². The number of ether oxygens (including phenoxy) is 1. The van der Waals surface area contributed by atoms with Crippen LogP contribution in [0.1, 0.15) is 33.6 Å². The summed E-state index contributed by atoms with van der Waals surface area (Å²) in [5.74, 6) is 0.704. The molecule has 1 fully saturated rings. The molecule has 0 aliphatic carbocycles.